The van der Waals surface area contributed by atoms with Gasteiger partial charge in [0, 0.05) is 44.8 Å². The molecule has 7 heteroatoms. The van der Waals surface area contributed by atoms with Gasteiger partial charge in [0.05, 0.1) is 0 Å². The average Bonchev–Trinajstić information content (AvgIpc) is 2.55. The van der Waals surface area contributed by atoms with Crippen LogP contribution in [0.1, 0.15) is 16.1 Å². The number of anilines is 1. The molecule has 1 aliphatic rings. The zero-order chi connectivity index (χ0) is 15.5. The number of pyridine rings is 1. The minimum atomic E-state index is -0.571. The molecule has 114 valence electrons. The van der Waals surface area contributed by atoms with Crippen LogP contribution in [0.25, 0.3) is 0 Å². The summed E-state index contributed by atoms with van der Waals surface area (Å²) in [5.41, 5.74) is 0.579. The van der Waals surface area contributed by atoms with E-state index >= 15 is 0 Å². The first kappa shape index (κ1) is 14.4. The smallest absolute Gasteiger partial charge is 0.275 e. The standard InChI is InChI=1S/C15H16FN5O/c1-11-9-12(16)13(19-10-11)14(22)20-5-7-21(8-6-20)15-17-3-2-4-18-15/h2-4,9-10H,5-8H2,1H3. The molecule has 1 fully saturated rings. The molecule has 0 N–H and O–H groups in total. The maximum Gasteiger partial charge on any atom is 0.275 e. The predicted molar refractivity (Wildman–Crippen MR) is 79.1 cm³/mol. The van der Waals surface area contributed by atoms with Crippen molar-refractivity contribution in [2.75, 3.05) is 31.1 Å². The van der Waals surface area contributed by atoms with Crippen molar-refractivity contribution < 1.29 is 9.18 Å². The fraction of sp³-hybridized carbons (Fsp3) is 0.333. The van der Waals surface area contributed by atoms with Gasteiger partial charge in [0.2, 0.25) is 5.95 Å². The predicted octanol–water partition coefficient (Wildman–Crippen LogP) is 1.28. The molecule has 0 aliphatic carbocycles. The van der Waals surface area contributed by atoms with Crippen molar-refractivity contribution in [1.29, 1.82) is 0 Å². The van der Waals surface area contributed by atoms with Crippen LogP contribution in [0.2, 0.25) is 0 Å². The van der Waals surface area contributed by atoms with Crippen molar-refractivity contribution >= 4 is 11.9 Å². The molecular weight excluding hydrogens is 285 g/mol. The maximum atomic E-state index is 13.9. The highest BCUT2D eigenvalue weighted by atomic mass is 19.1. The first-order valence-electron chi connectivity index (χ1n) is 7.08. The molecule has 0 radical (unpaired) electrons. The van der Waals surface area contributed by atoms with Crippen LogP contribution in [0, 0.1) is 12.7 Å². The van der Waals surface area contributed by atoms with E-state index < -0.39 is 5.82 Å². The number of piperazine rings is 1. The zero-order valence-corrected chi connectivity index (χ0v) is 12.2. The number of halogens is 1. The Morgan fingerprint density at radius 1 is 1.14 bits per heavy atom. The van der Waals surface area contributed by atoms with Crippen molar-refractivity contribution in [2.45, 2.75) is 6.92 Å². The Labute approximate surface area is 127 Å². The molecular formula is C15H16FN5O. The van der Waals surface area contributed by atoms with Gasteiger partial charge in [0.25, 0.3) is 5.91 Å². The third-order valence-electron chi connectivity index (χ3n) is 3.58. The summed E-state index contributed by atoms with van der Waals surface area (Å²) in [4.78, 5) is 28.3. The van der Waals surface area contributed by atoms with E-state index in [9.17, 15) is 9.18 Å². The highest BCUT2D eigenvalue weighted by Crippen LogP contribution is 2.14. The monoisotopic (exact) mass is 301 g/mol. The van der Waals surface area contributed by atoms with E-state index in [1.165, 1.54) is 12.3 Å². The Morgan fingerprint density at radius 2 is 1.82 bits per heavy atom. The van der Waals surface area contributed by atoms with E-state index in [0.29, 0.717) is 37.7 Å². The summed E-state index contributed by atoms with van der Waals surface area (Å²) in [5, 5.41) is 0. The lowest BCUT2D eigenvalue weighted by Crippen LogP contribution is -2.49. The third-order valence-corrected chi connectivity index (χ3v) is 3.58. The SMILES string of the molecule is Cc1cnc(C(=O)N2CCN(c3ncccn3)CC2)c(F)c1. The van der Waals surface area contributed by atoms with Crippen molar-refractivity contribution in [3.63, 3.8) is 0 Å². The first-order valence-corrected chi connectivity index (χ1v) is 7.08. The van der Waals surface area contributed by atoms with Crippen molar-refractivity contribution in [2.24, 2.45) is 0 Å². The highest BCUT2D eigenvalue weighted by molar-refractivity contribution is 5.92. The second-order valence-corrected chi connectivity index (χ2v) is 5.17. The topological polar surface area (TPSA) is 62.2 Å². The van der Waals surface area contributed by atoms with Gasteiger partial charge in [0.1, 0.15) is 0 Å². The summed E-state index contributed by atoms with van der Waals surface area (Å²) in [5.74, 6) is -0.292. The summed E-state index contributed by atoms with van der Waals surface area (Å²) in [6.07, 6.45) is 4.88. The van der Waals surface area contributed by atoms with Crippen LogP contribution in [-0.2, 0) is 0 Å². The molecule has 1 saturated heterocycles. The van der Waals surface area contributed by atoms with Crippen LogP contribution in [0.3, 0.4) is 0 Å². The Morgan fingerprint density at radius 3 is 2.45 bits per heavy atom. The molecule has 3 rings (SSSR count). The van der Waals surface area contributed by atoms with Crippen LogP contribution >= 0.6 is 0 Å². The largest absolute Gasteiger partial charge is 0.337 e. The molecule has 0 unspecified atom stereocenters. The van der Waals surface area contributed by atoms with Gasteiger partial charge in [-0.05, 0) is 24.6 Å². The Balaban J connectivity index is 1.67. The average molecular weight is 301 g/mol. The van der Waals surface area contributed by atoms with E-state index in [-0.39, 0.29) is 11.6 Å². The number of carbonyl (C=O) groups excluding carboxylic acids is 1. The first-order chi connectivity index (χ1) is 10.6. The summed E-state index contributed by atoms with van der Waals surface area (Å²) < 4.78 is 13.9. The molecule has 1 amide bonds. The van der Waals surface area contributed by atoms with Gasteiger partial charge in [0.15, 0.2) is 11.5 Å². The van der Waals surface area contributed by atoms with Gasteiger partial charge in [-0.3, -0.25) is 4.79 Å². The van der Waals surface area contributed by atoms with Crippen molar-refractivity contribution in [3.8, 4) is 0 Å². The van der Waals surface area contributed by atoms with Crippen LogP contribution in [0.4, 0.5) is 10.3 Å². The molecule has 2 aromatic heterocycles. The lowest BCUT2D eigenvalue weighted by Gasteiger charge is -2.34. The second kappa shape index (κ2) is 6.05. The molecule has 6 nitrogen and oxygen atoms in total. The van der Waals surface area contributed by atoms with E-state index in [1.54, 1.807) is 30.3 Å². The molecule has 22 heavy (non-hydrogen) atoms. The number of hydrogen-bond donors (Lipinski definition) is 0. The fourth-order valence-corrected chi connectivity index (χ4v) is 2.40. The Kier molecular flexibility index (Phi) is 3.95. The van der Waals surface area contributed by atoms with Gasteiger partial charge in [-0.25, -0.2) is 19.3 Å². The van der Waals surface area contributed by atoms with E-state index in [2.05, 4.69) is 15.0 Å². The maximum absolute atomic E-state index is 13.9. The summed E-state index contributed by atoms with van der Waals surface area (Å²) >= 11 is 0. The molecule has 1 aliphatic heterocycles. The summed E-state index contributed by atoms with van der Waals surface area (Å²) in [7, 11) is 0. The Hall–Kier alpha value is -2.57. The number of carbonyl (C=O) groups is 1. The normalized spacial score (nSPS) is 15.0. The molecule has 0 aromatic carbocycles. The van der Waals surface area contributed by atoms with Crippen molar-refractivity contribution in [3.05, 3.63) is 47.8 Å². The number of aromatic nitrogens is 3. The number of rotatable bonds is 2. The number of aryl methyl sites for hydroxylation is 1. The number of amides is 1. The van der Waals surface area contributed by atoms with Crippen LogP contribution < -0.4 is 4.90 Å². The van der Waals surface area contributed by atoms with Crippen LogP contribution in [0.5, 0.6) is 0 Å². The van der Waals surface area contributed by atoms with Crippen LogP contribution in [0.15, 0.2) is 30.7 Å². The van der Waals surface area contributed by atoms with Gasteiger partial charge >= 0.3 is 0 Å². The molecule has 3 heterocycles. The van der Waals surface area contributed by atoms with E-state index in [4.69, 9.17) is 0 Å². The van der Waals surface area contributed by atoms with Crippen molar-refractivity contribution in [1.82, 2.24) is 19.9 Å². The molecule has 2 aromatic rings. The third kappa shape index (κ3) is 2.88. The van der Waals surface area contributed by atoms with Gasteiger partial charge in [-0.15, -0.1) is 0 Å². The van der Waals surface area contributed by atoms with Crippen LogP contribution in [-0.4, -0.2) is 51.9 Å². The minimum Gasteiger partial charge on any atom is -0.337 e. The summed E-state index contributed by atoms with van der Waals surface area (Å²) in [6.45, 7) is 3.95. The second-order valence-electron chi connectivity index (χ2n) is 5.17. The molecule has 0 spiro atoms. The van der Waals surface area contributed by atoms with Gasteiger partial charge in [-0.2, -0.15) is 0 Å². The lowest BCUT2D eigenvalue weighted by molar-refractivity contribution is 0.0735. The van der Waals surface area contributed by atoms with Gasteiger partial charge < -0.3 is 9.80 Å². The highest BCUT2D eigenvalue weighted by Gasteiger charge is 2.25. The molecule has 0 atom stereocenters. The van der Waals surface area contributed by atoms with Gasteiger partial charge in [-0.1, -0.05) is 0 Å². The fourth-order valence-electron chi connectivity index (χ4n) is 2.40. The van der Waals surface area contributed by atoms with E-state index in [1.807, 2.05) is 4.90 Å². The Bertz CT molecular complexity index is 671. The van der Waals surface area contributed by atoms with E-state index in [0.717, 1.165) is 0 Å². The molecule has 0 saturated carbocycles. The zero-order valence-electron chi connectivity index (χ0n) is 12.2. The lowest BCUT2D eigenvalue weighted by atomic mass is 10.2. The number of nitrogens with zero attached hydrogens (tertiary/aromatic N) is 5. The molecule has 0 bridgehead atoms. The minimum absolute atomic E-state index is 0.116. The quantitative estimate of drug-likeness (QED) is 0.836. The number of hydrogen-bond acceptors (Lipinski definition) is 5. The summed E-state index contributed by atoms with van der Waals surface area (Å²) in [6, 6.07) is 3.09.